The van der Waals surface area contributed by atoms with Gasteiger partial charge in [0.25, 0.3) is 0 Å². The Morgan fingerprint density at radius 3 is 3.05 bits per heavy atom. The first-order chi connectivity index (χ1) is 9.69. The van der Waals surface area contributed by atoms with Crippen molar-refractivity contribution >= 4 is 27.7 Å². The highest BCUT2D eigenvalue weighted by molar-refractivity contribution is 9.10. The molecule has 1 fully saturated rings. The second-order valence-corrected chi connectivity index (χ2v) is 5.94. The Morgan fingerprint density at radius 1 is 1.60 bits per heavy atom. The number of nitrogens with one attached hydrogen (secondary N) is 2. The van der Waals surface area contributed by atoms with Gasteiger partial charge in [0.05, 0.1) is 6.54 Å². The normalized spacial score (nSPS) is 18.4. The second kappa shape index (κ2) is 7.71. The molecule has 0 bridgehead atoms. The minimum absolute atomic E-state index is 0.000160. The number of carbonyl (C=O) groups excluding carboxylic acids is 1. The van der Waals surface area contributed by atoms with E-state index in [4.69, 9.17) is 0 Å². The van der Waals surface area contributed by atoms with Crippen LogP contribution in [0.5, 0.6) is 0 Å². The fourth-order valence-corrected chi connectivity index (χ4v) is 2.68. The number of rotatable bonds is 6. The van der Waals surface area contributed by atoms with Crippen LogP contribution in [0.4, 0.5) is 5.82 Å². The average molecular weight is 341 g/mol. The van der Waals surface area contributed by atoms with Gasteiger partial charge in [0.15, 0.2) is 0 Å². The zero-order valence-corrected chi connectivity index (χ0v) is 13.3. The van der Waals surface area contributed by atoms with Crippen molar-refractivity contribution in [2.24, 2.45) is 0 Å². The molecule has 2 rings (SSSR count). The fraction of sp³-hybridized carbons (Fsp3) is 0.571. The minimum atomic E-state index is 0.000160. The molecule has 0 saturated carbocycles. The Morgan fingerprint density at radius 2 is 2.45 bits per heavy atom. The van der Waals surface area contributed by atoms with Crippen molar-refractivity contribution in [3.8, 4) is 0 Å². The summed E-state index contributed by atoms with van der Waals surface area (Å²) in [5, 5.41) is 6.20. The lowest BCUT2D eigenvalue weighted by Gasteiger charge is -2.27. The average Bonchev–Trinajstić information content (AvgIpc) is 2.95. The maximum Gasteiger partial charge on any atom is 0.239 e. The molecule has 1 aliphatic rings. The molecule has 2 N–H and O–H groups in total. The molecule has 1 aromatic rings. The van der Waals surface area contributed by atoms with Crippen LogP contribution in [0.2, 0.25) is 0 Å². The van der Waals surface area contributed by atoms with E-state index >= 15 is 0 Å². The lowest BCUT2D eigenvalue weighted by molar-refractivity contribution is -0.117. The number of hydrogen-bond acceptors (Lipinski definition) is 4. The van der Waals surface area contributed by atoms with Crippen LogP contribution in [0.1, 0.15) is 19.8 Å². The molecule has 6 heteroatoms. The number of anilines is 1. The van der Waals surface area contributed by atoms with Crippen LogP contribution in [-0.4, -0.2) is 48.0 Å². The van der Waals surface area contributed by atoms with Crippen molar-refractivity contribution in [3.05, 3.63) is 22.8 Å². The maximum absolute atomic E-state index is 12.1. The van der Waals surface area contributed by atoms with Crippen LogP contribution in [0.25, 0.3) is 0 Å². The Kier molecular flexibility index (Phi) is 5.94. The highest BCUT2D eigenvalue weighted by atomic mass is 79.9. The lowest BCUT2D eigenvalue weighted by atomic mass is 10.2. The van der Waals surface area contributed by atoms with Crippen LogP contribution in [0.15, 0.2) is 22.8 Å². The molecule has 1 aliphatic heterocycles. The van der Waals surface area contributed by atoms with E-state index in [1.54, 1.807) is 12.3 Å². The summed E-state index contributed by atoms with van der Waals surface area (Å²) in [5.41, 5.74) is 0. The van der Waals surface area contributed by atoms with Gasteiger partial charge in [-0.05, 0) is 54.0 Å². The molecule has 2 heterocycles. The highest BCUT2D eigenvalue weighted by Crippen LogP contribution is 2.12. The molecule has 0 spiro atoms. The van der Waals surface area contributed by atoms with Gasteiger partial charge in [0, 0.05) is 23.3 Å². The Hall–Kier alpha value is -0.980. The van der Waals surface area contributed by atoms with Crippen LogP contribution < -0.4 is 10.6 Å². The molecule has 1 aromatic heterocycles. The van der Waals surface area contributed by atoms with Crippen molar-refractivity contribution in [2.75, 3.05) is 31.5 Å². The van der Waals surface area contributed by atoms with E-state index in [-0.39, 0.29) is 5.91 Å². The fourth-order valence-electron chi connectivity index (χ4n) is 2.45. The van der Waals surface area contributed by atoms with Crippen molar-refractivity contribution in [2.45, 2.75) is 25.8 Å². The summed E-state index contributed by atoms with van der Waals surface area (Å²) in [5.74, 6) is 0.597. The van der Waals surface area contributed by atoms with Gasteiger partial charge in [-0.1, -0.05) is 6.92 Å². The molecule has 0 aromatic carbocycles. The standard InChI is InChI=1S/C14H21BrN4O/c1-2-7-19(12-5-6-16-9-12)10-14(20)18-13-4-3-11(15)8-17-13/h3-4,8,12,16H,2,5-7,9-10H2,1H3,(H,17,18,20). The summed E-state index contributed by atoms with van der Waals surface area (Å²) in [6.45, 7) is 5.54. The number of aromatic nitrogens is 1. The quantitative estimate of drug-likeness (QED) is 0.829. The van der Waals surface area contributed by atoms with Gasteiger partial charge in [-0.15, -0.1) is 0 Å². The molecule has 5 nitrogen and oxygen atoms in total. The van der Waals surface area contributed by atoms with Gasteiger partial charge in [-0.25, -0.2) is 4.98 Å². The highest BCUT2D eigenvalue weighted by Gasteiger charge is 2.23. The predicted molar refractivity (Wildman–Crippen MR) is 83.7 cm³/mol. The molecule has 20 heavy (non-hydrogen) atoms. The van der Waals surface area contributed by atoms with Crippen LogP contribution >= 0.6 is 15.9 Å². The van der Waals surface area contributed by atoms with Gasteiger partial charge in [-0.2, -0.15) is 0 Å². The third-order valence-corrected chi connectivity index (χ3v) is 3.87. The SMILES string of the molecule is CCCN(CC(=O)Nc1ccc(Br)cn1)C1CCNC1. The number of pyridine rings is 1. The number of hydrogen-bond donors (Lipinski definition) is 2. The summed E-state index contributed by atoms with van der Waals surface area (Å²) in [6, 6.07) is 4.13. The topological polar surface area (TPSA) is 57.3 Å². The molecule has 1 amide bonds. The molecule has 1 unspecified atom stereocenters. The molecule has 1 saturated heterocycles. The van der Waals surface area contributed by atoms with E-state index in [1.807, 2.05) is 6.07 Å². The predicted octanol–water partition coefficient (Wildman–Crippen LogP) is 1.86. The van der Waals surface area contributed by atoms with Crippen molar-refractivity contribution in [3.63, 3.8) is 0 Å². The first kappa shape index (κ1) is 15.4. The van der Waals surface area contributed by atoms with Gasteiger partial charge in [0.1, 0.15) is 5.82 Å². The summed E-state index contributed by atoms with van der Waals surface area (Å²) in [7, 11) is 0. The lowest BCUT2D eigenvalue weighted by Crippen LogP contribution is -2.42. The smallest absolute Gasteiger partial charge is 0.239 e. The third kappa shape index (κ3) is 4.54. The summed E-state index contributed by atoms with van der Waals surface area (Å²) < 4.78 is 0.903. The molecular formula is C14H21BrN4O. The van der Waals surface area contributed by atoms with Gasteiger partial charge < -0.3 is 10.6 Å². The van der Waals surface area contributed by atoms with Gasteiger partial charge >= 0.3 is 0 Å². The van der Waals surface area contributed by atoms with Crippen molar-refractivity contribution in [1.29, 1.82) is 0 Å². The largest absolute Gasteiger partial charge is 0.315 e. The Labute approximate surface area is 128 Å². The van der Waals surface area contributed by atoms with E-state index in [9.17, 15) is 4.79 Å². The van der Waals surface area contributed by atoms with E-state index in [1.165, 1.54) is 0 Å². The zero-order valence-electron chi connectivity index (χ0n) is 11.7. The zero-order chi connectivity index (χ0) is 14.4. The summed E-state index contributed by atoms with van der Waals surface area (Å²) in [4.78, 5) is 18.5. The second-order valence-electron chi connectivity index (χ2n) is 5.03. The van der Waals surface area contributed by atoms with E-state index in [2.05, 4.69) is 43.4 Å². The van der Waals surface area contributed by atoms with Gasteiger partial charge in [-0.3, -0.25) is 9.69 Å². The van der Waals surface area contributed by atoms with E-state index in [0.717, 1.165) is 36.9 Å². The molecule has 110 valence electrons. The maximum atomic E-state index is 12.1. The van der Waals surface area contributed by atoms with Crippen LogP contribution in [0, 0.1) is 0 Å². The molecular weight excluding hydrogens is 320 g/mol. The summed E-state index contributed by atoms with van der Waals surface area (Å²) in [6.07, 6.45) is 3.85. The van der Waals surface area contributed by atoms with Crippen molar-refractivity contribution in [1.82, 2.24) is 15.2 Å². The molecule has 1 atom stereocenters. The van der Waals surface area contributed by atoms with Crippen LogP contribution in [0.3, 0.4) is 0 Å². The number of carbonyl (C=O) groups is 1. The summed E-state index contributed by atoms with van der Waals surface area (Å²) >= 11 is 3.33. The number of amides is 1. The minimum Gasteiger partial charge on any atom is -0.315 e. The van der Waals surface area contributed by atoms with E-state index in [0.29, 0.717) is 18.4 Å². The Balaban J connectivity index is 1.88. The Bertz CT molecular complexity index is 431. The number of halogens is 1. The van der Waals surface area contributed by atoms with Crippen molar-refractivity contribution < 1.29 is 4.79 Å². The molecule has 0 radical (unpaired) electrons. The third-order valence-electron chi connectivity index (χ3n) is 3.40. The monoisotopic (exact) mass is 340 g/mol. The van der Waals surface area contributed by atoms with Gasteiger partial charge in [0.2, 0.25) is 5.91 Å². The van der Waals surface area contributed by atoms with E-state index < -0.39 is 0 Å². The van der Waals surface area contributed by atoms with Crippen LogP contribution in [-0.2, 0) is 4.79 Å². The first-order valence-corrected chi connectivity index (χ1v) is 7.84. The molecule has 0 aliphatic carbocycles. The first-order valence-electron chi connectivity index (χ1n) is 7.05. The number of nitrogens with zero attached hydrogens (tertiary/aromatic N) is 2.